The van der Waals surface area contributed by atoms with E-state index in [-0.39, 0.29) is 0 Å². The van der Waals surface area contributed by atoms with Crippen molar-refractivity contribution in [3.63, 3.8) is 0 Å². The third kappa shape index (κ3) is 14.3. The second-order valence-corrected chi connectivity index (χ2v) is 8.65. The van der Waals surface area contributed by atoms with Gasteiger partial charge in [-0.3, -0.25) is 9.48 Å². The predicted molar refractivity (Wildman–Crippen MR) is 120 cm³/mol. The van der Waals surface area contributed by atoms with Gasteiger partial charge in [0.05, 0.1) is 11.4 Å². The largest absolute Gasteiger partial charge is 0.481 e. The molecule has 0 spiro atoms. The second kappa shape index (κ2) is 17.5. The van der Waals surface area contributed by atoms with Crippen molar-refractivity contribution < 1.29 is 9.90 Å². The highest BCUT2D eigenvalue weighted by Gasteiger charge is 2.05. The molecule has 0 aliphatic heterocycles. The molecule has 1 aromatic heterocycles. The fourth-order valence-electron chi connectivity index (χ4n) is 4.04. The molecule has 0 radical (unpaired) electrons. The minimum absolute atomic E-state index is 0.337. The standard InChI is InChI=1S/C24H45N3O2/c1-22-23(27(2)26-25-22)20-18-16-14-12-10-8-6-4-3-5-7-9-11-13-15-17-19-21-24(28)29/h3-21H2,1-2H3,(H,28,29). The molecule has 0 saturated carbocycles. The number of aryl methyl sites for hydroxylation is 2. The van der Waals surface area contributed by atoms with E-state index in [1.54, 1.807) is 0 Å². The van der Waals surface area contributed by atoms with Crippen molar-refractivity contribution in [2.24, 2.45) is 7.05 Å². The Morgan fingerprint density at radius 2 is 1.10 bits per heavy atom. The third-order valence-electron chi connectivity index (χ3n) is 5.94. The van der Waals surface area contributed by atoms with Gasteiger partial charge in [-0.2, -0.15) is 0 Å². The number of nitrogens with zero attached hydrogens (tertiary/aromatic N) is 3. The van der Waals surface area contributed by atoms with Gasteiger partial charge in [0.15, 0.2) is 0 Å². The Balaban J connectivity index is 1.72. The molecular formula is C24H45N3O2. The monoisotopic (exact) mass is 407 g/mol. The first-order valence-corrected chi connectivity index (χ1v) is 12.2. The molecule has 1 aromatic rings. The summed E-state index contributed by atoms with van der Waals surface area (Å²) in [6, 6.07) is 0. The van der Waals surface area contributed by atoms with E-state index in [4.69, 9.17) is 5.11 Å². The van der Waals surface area contributed by atoms with Crippen molar-refractivity contribution in [2.45, 2.75) is 129 Å². The molecule has 5 nitrogen and oxygen atoms in total. The zero-order valence-electron chi connectivity index (χ0n) is 19.1. The molecule has 0 aromatic carbocycles. The number of hydrogen-bond donors (Lipinski definition) is 1. The highest BCUT2D eigenvalue weighted by atomic mass is 16.4. The summed E-state index contributed by atoms with van der Waals surface area (Å²) in [5.74, 6) is -0.658. The average Bonchev–Trinajstić information content (AvgIpc) is 3.01. The first kappa shape index (κ1) is 25.6. The summed E-state index contributed by atoms with van der Waals surface area (Å²) in [6.45, 7) is 2.05. The van der Waals surface area contributed by atoms with Crippen LogP contribution >= 0.6 is 0 Å². The van der Waals surface area contributed by atoms with Gasteiger partial charge in [0.1, 0.15) is 0 Å². The lowest BCUT2D eigenvalue weighted by Gasteiger charge is -2.04. The Morgan fingerprint density at radius 1 is 0.724 bits per heavy atom. The van der Waals surface area contributed by atoms with Gasteiger partial charge in [-0.05, 0) is 26.2 Å². The molecule has 0 aliphatic carbocycles. The molecule has 1 rings (SSSR count). The molecule has 0 bridgehead atoms. The minimum atomic E-state index is -0.658. The van der Waals surface area contributed by atoms with Crippen molar-refractivity contribution in [2.75, 3.05) is 0 Å². The Hall–Kier alpha value is -1.39. The lowest BCUT2D eigenvalue weighted by molar-refractivity contribution is -0.137. The third-order valence-corrected chi connectivity index (χ3v) is 5.94. The Bertz CT molecular complexity index is 509. The van der Waals surface area contributed by atoms with Gasteiger partial charge in [0.25, 0.3) is 0 Å². The van der Waals surface area contributed by atoms with Crippen LogP contribution in [0.3, 0.4) is 0 Å². The molecule has 1 N–H and O–H groups in total. The maximum Gasteiger partial charge on any atom is 0.303 e. The summed E-state index contributed by atoms with van der Waals surface area (Å²) in [5, 5.41) is 16.8. The molecule has 0 amide bonds. The number of aliphatic carboxylic acids is 1. The van der Waals surface area contributed by atoms with Crippen LogP contribution in [0.4, 0.5) is 0 Å². The zero-order chi connectivity index (χ0) is 21.2. The number of carboxylic acids is 1. The minimum Gasteiger partial charge on any atom is -0.481 e. The van der Waals surface area contributed by atoms with Gasteiger partial charge in [-0.15, -0.1) is 5.10 Å². The zero-order valence-corrected chi connectivity index (χ0v) is 19.1. The van der Waals surface area contributed by atoms with Gasteiger partial charge < -0.3 is 5.11 Å². The van der Waals surface area contributed by atoms with Crippen molar-refractivity contribution in [1.82, 2.24) is 15.0 Å². The van der Waals surface area contributed by atoms with Crippen LogP contribution in [0.5, 0.6) is 0 Å². The van der Waals surface area contributed by atoms with Crippen LogP contribution in [0.1, 0.15) is 127 Å². The van der Waals surface area contributed by atoms with Crippen LogP contribution in [0, 0.1) is 6.92 Å². The van der Waals surface area contributed by atoms with E-state index in [9.17, 15) is 4.79 Å². The molecule has 0 unspecified atom stereocenters. The SMILES string of the molecule is Cc1nnn(C)c1CCCCCCCCCCCCCCCCCCCC(=O)O. The average molecular weight is 408 g/mol. The smallest absolute Gasteiger partial charge is 0.303 e. The van der Waals surface area contributed by atoms with Crippen LogP contribution in [-0.4, -0.2) is 26.1 Å². The Morgan fingerprint density at radius 3 is 1.45 bits per heavy atom. The maximum atomic E-state index is 10.4. The summed E-state index contributed by atoms with van der Waals surface area (Å²) in [7, 11) is 1.99. The normalized spacial score (nSPS) is 11.2. The van der Waals surface area contributed by atoms with E-state index in [0.717, 1.165) is 25.0 Å². The molecule has 0 aliphatic rings. The summed E-state index contributed by atoms with van der Waals surface area (Å²) < 4.78 is 1.92. The molecule has 5 heteroatoms. The van der Waals surface area contributed by atoms with Gasteiger partial charge in [-0.25, -0.2) is 0 Å². The summed E-state index contributed by atoms with van der Waals surface area (Å²) in [4.78, 5) is 10.4. The number of carbonyl (C=O) groups is 1. The van der Waals surface area contributed by atoms with Crippen molar-refractivity contribution in [3.8, 4) is 0 Å². The fourth-order valence-corrected chi connectivity index (χ4v) is 4.04. The molecule has 29 heavy (non-hydrogen) atoms. The molecule has 1 heterocycles. The lowest BCUT2D eigenvalue weighted by atomic mass is 10.0. The maximum absolute atomic E-state index is 10.4. The highest BCUT2D eigenvalue weighted by Crippen LogP contribution is 2.15. The van der Waals surface area contributed by atoms with E-state index < -0.39 is 5.97 Å². The number of aromatic nitrogens is 3. The van der Waals surface area contributed by atoms with Crippen LogP contribution in [0.15, 0.2) is 0 Å². The van der Waals surface area contributed by atoms with E-state index in [1.165, 1.54) is 102 Å². The fraction of sp³-hybridized carbons (Fsp3) is 0.875. The quantitative estimate of drug-likeness (QED) is 0.242. The van der Waals surface area contributed by atoms with Gasteiger partial charge in [0, 0.05) is 13.5 Å². The number of hydrogen-bond acceptors (Lipinski definition) is 3. The van der Waals surface area contributed by atoms with Crippen LogP contribution in [0.2, 0.25) is 0 Å². The number of unbranched alkanes of at least 4 members (excludes halogenated alkanes) is 16. The van der Waals surface area contributed by atoms with E-state index >= 15 is 0 Å². The summed E-state index contributed by atoms with van der Waals surface area (Å²) >= 11 is 0. The van der Waals surface area contributed by atoms with E-state index in [2.05, 4.69) is 17.2 Å². The topological polar surface area (TPSA) is 68.0 Å². The van der Waals surface area contributed by atoms with E-state index in [1.807, 2.05) is 11.7 Å². The molecule has 0 atom stereocenters. The van der Waals surface area contributed by atoms with Crippen LogP contribution < -0.4 is 0 Å². The van der Waals surface area contributed by atoms with Crippen molar-refractivity contribution in [1.29, 1.82) is 0 Å². The molecule has 168 valence electrons. The lowest BCUT2D eigenvalue weighted by Crippen LogP contribution is -1.99. The summed E-state index contributed by atoms with van der Waals surface area (Å²) in [5.41, 5.74) is 2.38. The first-order chi connectivity index (χ1) is 14.1. The molecule has 0 saturated heterocycles. The number of carboxylic acid groups (broad SMARTS) is 1. The van der Waals surface area contributed by atoms with Crippen LogP contribution in [-0.2, 0) is 18.3 Å². The predicted octanol–water partition coefficient (Wildman–Crippen LogP) is 6.77. The highest BCUT2D eigenvalue weighted by molar-refractivity contribution is 5.66. The second-order valence-electron chi connectivity index (χ2n) is 8.65. The first-order valence-electron chi connectivity index (χ1n) is 12.2. The van der Waals surface area contributed by atoms with Gasteiger partial charge in [-0.1, -0.05) is 102 Å². The molecular weight excluding hydrogens is 362 g/mol. The van der Waals surface area contributed by atoms with Gasteiger partial charge in [0.2, 0.25) is 0 Å². The summed E-state index contributed by atoms with van der Waals surface area (Å²) in [6.07, 6.45) is 23.6. The Kier molecular flexibility index (Phi) is 15.4. The van der Waals surface area contributed by atoms with Gasteiger partial charge >= 0.3 is 5.97 Å². The number of rotatable bonds is 20. The van der Waals surface area contributed by atoms with Crippen LogP contribution in [0.25, 0.3) is 0 Å². The van der Waals surface area contributed by atoms with Crippen molar-refractivity contribution in [3.05, 3.63) is 11.4 Å². The van der Waals surface area contributed by atoms with Crippen molar-refractivity contribution >= 4 is 5.97 Å². The Labute approximate surface area is 178 Å². The molecule has 0 fully saturated rings. The van der Waals surface area contributed by atoms with E-state index in [0.29, 0.717) is 6.42 Å².